The first-order valence-corrected chi connectivity index (χ1v) is 6.67. The van der Waals surface area contributed by atoms with Crippen LogP contribution in [-0.4, -0.2) is 32.1 Å². The quantitative estimate of drug-likeness (QED) is 0.851. The summed E-state index contributed by atoms with van der Waals surface area (Å²) in [7, 11) is 4.17. The lowest BCUT2D eigenvalue weighted by Gasteiger charge is -2.16. The highest BCUT2D eigenvalue weighted by Crippen LogP contribution is 2.29. The van der Waals surface area contributed by atoms with Crippen molar-refractivity contribution in [1.29, 1.82) is 0 Å². The molecule has 1 rings (SSSR count). The molecule has 1 aromatic rings. The van der Waals surface area contributed by atoms with Gasteiger partial charge in [-0.1, -0.05) is 20.8 Å². The number of rotatable bonds is 5. The van der Waals surface area contributed by atoms with Crippen LogP contribution >= 0.6 is 11.3 Å². The molecule has 92 valence electrons. The van der Waals surface area contributed by atoms with Crippen LogP contribution in [0.3, 0.4) is 0 Å². The van der Waals surface area contributed by atoms with Crippen LogP contribution in [0.4, 0.5) is 0 Å². The summed E-state index contributed by atoms with van der Waals surface area (Å²) < 4.78 is 0. The minimum absolute atomic E-state index is 0.284. The summed E-state index contributed by atoms with van der Waals surface area (Å²) in [4.78, 5) is 5.29. The van der Waals surface area contributed by atoms with Crippen molar-refractivity contribution >= 4 is 11.3 Å². The summed E-state index contributed by atoms with van der Waals surface area (Å²) in [5.41, 5.74) is 0.284. The Hall–Kier alpha value is -0.380. The second-order valence-electron chi connectivity index (χ2n) is 5.36. The van der Waals surface area contributed by atoms with Gasteiger partial charge in [-0.15, -0.1) is 11.3 Å². The van der Waals surface area contributed by atoms with Gasteiger partial charge in [0.1, 0.15) is 0 Å². The minimum Gasteiger partial charge on any atom is -0.318 e. The molecule has 0 unspecified atom stereocenters. The van der Waals surface area contributed by atoms with Crippen LogP contribution in [0.1, 0.15) is 30.5 Å². The normalized spacial score (nSPS) is 12.4. The SMILES string of the molecule is CNCCN(C)Cc1ccc(C(C)(C)C)s1. The van der Waals surface area contributed by atoms with Crippen molar-refractivity contribution in [2.45, 2.75) is 32.7 Å². The average molecular weight is 240 g/mol. The molecule has 0 fully saturated rings. The minimum atomic E-state index is 0.284. The summed E-state index contributed by atoms with van der Waals surface area (Å²) in [6.07, 6.45) is 0. The van der Waals surface area contributed by atoms with Gasteiger partial charge < -0.3 is 10.2 Å². The highest BCUT2D eigenvalue weighted by atomic mass is 32.1. The fourth-order valence-corrected chi connectivity index (χ4v) is 2.66. The predicted octanol–water partition coefficient (Wildman–Crippen LogP) is 2.70. The van der Waals surface area contributed by atoms with E-state index in [1.54, 1.807) is 0 Å². The van der Waals surface area contributed by atoms with E-state index in [0.717, 1.165) is 19.6 Å². The molecule has 0 aliphatic rings. The molecule has 1 aromatic heterocycles. The van der Waals surface area contributed by atoms with Gasteiger partial charge in [-0.25, -0.2) is 0 Å². The first-order valence-electron chi connectivity index (χ1n) is 5.86. The maximum Gasteiger partial charge on any atom is 0.0325 e. The molecule has 2 nitrogen and oxygen atoms in total. The first kappa shape index (κ1) is 13.7. The Morgan fingerprint density at radius 2 is 2.00 bits per heavy atom. The molecule has 16 heavy (non-hydrogen) atoms. The first-order chi connectivity index (χ1) is 7.43. The number of likely N-dealkylation sites (N-methyl/N-ethyl adjacent to an activating group) is 2. The molecule has 0 aliphatic carbocycles. The van der Waals surface area contributed by atoms with Gasteiger partial charge in [-0.05, 0) is 31.6 Å². The molecule has 1 N–H and O–H groups in total. The summed E-state index contributed by atoms with van der Waals surface area (Å²) >= 11 is 1.94. The third kappa shape index (κ3) is 4.24. The van der Waals surface area contributed by atoms with E-state index in [1.807, 2.05) is 18.4 Å². The zero-order chi connectivity index (χ0) is 12.2. The van der Waals surface area contributed by atoms with E-state index in [-0.39, 0.29) is 5.41 Å². The summed E-state index contributed by atoms with van der Waals surface area (Å²) in [6.45, 7) is 10.0. The maximum absolute atomic E-state index is 3.18. The van der Waals surface area contributed by atoms with Crippen molar-refractivity contribution < 1.29 is 0 Å². The van der Waals surface area contributed by atoms with Crippen LogP contribution in [0.5, 0.6) is 0 Å². The zero-order valence-electron chi connectivity index (χ0n) is 11.1. The second kappa shape index (κ2) is 5.80. The van der Waals surface area contributed by atoms with Crippen LogP contribution < -0.4 is 5.32 Å². The van der Waals surface area contributed by atoms with Gasteiger partial charge in [-0.3, -0.25) is 0 Å². The van der Waals surface area contributed by atoms with Gasteiger partial charge in [0.2, 0.25) is 0 Å². The summed E-state index contributed by atoms with van der Waals surface area (Å²) in [5, 5.41) is 3.18. The fourth-order valence-electron chi connectivity index (χ4n) is 1.51. The Balaban J connectivity index is 2.52. The fraction of sp³-hybridized carbons (Fsp3) is 0.692. The molecular formula is C13H24N2S. The molecule has 0 bridgehead atoms. The molecule has 0 radical (unpaired) electrons. The zero-order valence-corrected chi connectivity index (χ0v) is 11.9. The van der Waals surface area contributed by atoms with E-state index in [1.165, 1.54) is 9.75 Å². The topological polar surface area (TPSA) is 15.3 Å². The Kier molecular flexibility index (Phi) is 4.96. The Labute approximate surface area is 104 Å². The van der Waals surface area contributed by atoms with Crippen LogP contribution in [0.15, 0.2) is 12.1 Å². The molecule has 0 aromatic carbocycles. The number of hydrogen-bond donors (Lipinski definition) is 1. The highest BCUT2D eigenvalue weighted by molar-refractivity contribution is 7.12. The Morgan fingerprint density at radius 3 is 2.50 bits per heavy atom. The molecule has 0 spiro atoms. The monoisotopic (exact) mass is 240 g/mol. The van der Waals surface area contributed by atoms with E-state index >= 15 is 0 Å². The van der Waals surface area contributed by atoms with Crippen LogP contribution in [0.25, 0.3) is 0 Å². The Bertz CT molecular complexity index is 312. The lowest BCUT2D eigenvalue weighted by Crippen LogP contribution is -2.26. The lowest BCUT2D eigenvalue weighted by atomic mass is 9.95. The van der Waals surface area contributed by atoms with E-state index < -0.39 is 0 Å². The van der Waals surface area contributed by atoms with Gasteiger partial charge >= 0.3 is 0 Å². The second-order valence-corrected chi connectivity index (χ2v) is 6.53. The number of nitrogens with zero attached hydrogens (tertiary/aromatic N) is 1. The largest absolute Gasteiger partial charge is 0.318 e. The van der Waals surface area contributed by atoms with Gasteiger partial charge in [0, 0.05) is 29.4 Å². The molecular weight excluding hydrogens is 216 g/mol. The molecule has 0 saturated heterocycles. The maximum atomic E-state index is 3.18. The molecule has 0 amide bonds. The summed E-state index contributed by atoms with van der Waals surface area (Å²) in [5.74, 6) is 0. The number of nitrogens with one attached hydrogen (secondary N) is 1. The number of hydrogen-bond acceptors (Lipinski definition) is 3. The van der Waals surface area contributed by atoms with Gasteiger partial charge in [0.05, 0.1) is 0 Å². The van der Waals surface area contributed by atoms with Gasteiger partial charge in [0.25, 0.3) is 0 Å². The van der Waals surface area contributed by atoms with E-state index in [9.17, 15) is 0 Å². The van der Waals surface area contributed by atoms with Crippen LogP contribution in [-0.2, 0) is 12.0 Å². The van der Waals surface area contributed by atoms with Crippen LogP contribution in [0, 0.1) is 0 Å². The lowest BCUT2D eigenvalue weighted by molar-refractivity contribution is 0.331. The molecule has 3 heteroatoms. The summed E-state index contributed by atoms with van der Waals surface area (Å²) in [6, 6.07) is 4.53. The Morgan fingerprint density at radius 1 is 1.31 bits per heavy atom. The van der Waals surface area contributed by atoms with Crippen molar-refractivity contribution in [3.05, 3.63) is 21.9 Å². The average Bonchev–Trinajstić information content (AvgIpc) is 2.62. The third-order valence-electron chi connectivity index (χ3n) is 2.57. The third-order valence-corrected chi connectivity index (χ3v) is 4.07. The standard InChI is InChI=1S/C13H24N2S/c1-13(2,3)12-7-6-11(16-12)10-15(5)9-8-14-4/h6-7,14H,8-10H2,1-5H3. The molecule has 0 aliphatic heterocycles. The van der Waals surface area contributed by atoms with Crippen LogP contribution in [0.2, 0.25) is 0 Å². The highest BCUT2D eigenvalue weighted by Gasteiger charge is 2.16. The van der Waals surface area contributed by atoms with Gasteiger partial charge in [-0.2, -0.15) is 0 Å². The van der Waals surface area contributed by atoms with E-state index in [0.29, 0.717) is 0 Å². The van der Waals surface area contributed by atoms with E-state index in [2.05, 4.69) is 50.2 Å². The molecule has 1 heterocycles. The number of thiophene rings is 1. The van der Waals surface area contributed by atoms with Crippen molar-refractivity contribution in [2.24, 2.45) is 0 Å². The van der Waals surface area contributed by atoms with E-state index in [4.69, 9.17) is 0 Å². The predicted molar refractivity (Wildman–Crippen MR) is 73.3 cm³/mol. The molecule has 0 saturated carbocycles. The van der Waals surface area contributed by atoms with Gasteiger partial charge in [0.15, 0.2) is 0 Å². The van der Waals surface area contributed by atoms with Crippen molar-refractivity contribution in [3.63, 3.8) is 0 Å². The molecule has 0 atom stereocenters. The van der Waals surface area contributed by atoms with Crippen molar-refractivity contribution in [2.75, 3.05) is 27.2 Å². The van der Waals surface area contributed by atoms with Crippen molar-refractivity contribution in [1.82, 2.24) is 10.2 Å². The smallest absolute Gasteiger partial charge is 0.0325 e. The van der Waals surface area contributed by atoms with Crippen molar-refractivity contribution in [3.8, 4) is 0 Å².